The third-order valence-corrected chi connectivity index (χ3v) is 20.2. The van der Waals surface area contributed by atoms with Crippen molar-refractivity contribution in [3.05, 3.63) is 52.6 Å². The Balaban J connectivity index is 0.00000187. The molecule has 10 unspecified atom stereocenters. The molecule has 0 amide bonds. The molecule has 65 heavy (non-hydrogen) atoms. The van der Waals surface area contributed by atoms with Gasteiger partial charge in [-0.1, -0.05) is 70.7 Å². The van der Waals surface area contributed by atoms with E-state index in [1.807, 2.05) is 6.92 Å². The molecule has 0 bridgehead atoms. The summed E-state index contributed by atoms with van der Waals surface area (Å²) in [6.07, 6.45) is 25.4. The van der Waals surface area contributed by atoms with Gasteiger partial charge in [0.15, 0.2) is 0 Å². The first-order chi connectivity index (χ1) is 31.3. The molecule has 8 aliphatic carbocycles. The number of hydrogen-bond donors (Lipinski definition) is 2. The van der Waals surface area contributed by atoms with Crippen LogP contribution in [0, 0.1) is 75.4 Å². The van der Waals surface area contributed by atoms with E-state index in [0.717, 1.165) is 83.8 Å². The number of likely N-dealkylation sites (N-methyl/N-ethyl adjacent to an activating group) is 1. The molecule has 2 N–H and O–H groups in total. The van der Waals surface area contributed by atoms with Crippen LogP contribution in [0.1, 0.15) is 194 Å². The Hall–Kier alpha value is -2.88. The highest BCUT2D eigenvalue weighted by molar-refractivity contribution is 5.80. The number of ether oxygens (including phenoxy) is 1. The van der Waals surface area contributed by atoms with E-state index >= 15 is 0 Å². The molecule has 6 saturated carbocycles. The fourth-order valence-electron chi connectivity index (χ4n) is 16.8. The number of aliphatic hydroxyl groups is 1. The zero-order valence-electron chi connectivity index (χ0n) is 41.8. The Bertz CT molecular complexity index is 1970. The largest absolute Gasteiger partial charge is 0.481 e. The number of rotatable bonds is 10. The number of ketones is 1. The van der Waals surface area contributed by atoms with Crippen LogP contribution in [0.25, 0.3) is 0 Å². The zero-order chi connectivity index (χ0) is 46.1. The van der Waals surface area contributed by atoms with Crippen molar-refractivity contribution in [2.45, 2.75) is 201 Å². The van der Waals surface area contributed by atoms with Crippen LogP contribution in [-0.2, 0) is 14.3 Å². The minimum absolute atomic E-state index is 0.0639. The van der Waals surface area contributed by atoms with Crippen molar-refractivity contribution in [3.63, 3.8) is 0 Å². The normalized spacial score (nSPS) is 39.7. The summed E-state index contributed by atoms with van der Waals surface area (Å²) in [6, 6.07) is 9.60. The molecule has 0 heterocycles. The average molecular weight is 890 g/mol. The van der Waals surface area contributed by atoms with Gasteiger partial charge in [0, 0.05) is 50.4 Å². The van der Waals surface area contributed by atoms with Gasteiger partial charge in [0.05, 0.1) is 18.8 Å². The number of anilines is 1. The van der Waals surface area contributed by atoms with Gasteiger partial charge < -0.3 is 19.8 Å². The SMILES string of the molecule is CC#CC1CC[C@H]2C3CCC4=CCC(=O)CCCCC4=C3C(c3ccc(N(C)CCOC4CCC5(C)C(CCC6[C@@H]5C[C@H](O)C5(C)C(CCCC(=O)O)CC[C@@H]65)C4)cc3)CC12C.CCC. The lowest BCUT2D eigenvalue weighted by atomic mass is 9.44. The average Bonchev–Trinajstić information content (AvgIpc) is 3.83. The summed E-state index contributed by atoms with van der Waals surface area (Å²) in [5, 5.41) is 21.1. The molecule has 1 aromatic rings. The predicted molar refractivity (Wildman–Crippen MR) is 265 cm³/mol. The second-order valence-electron chi connectivity index (χ2n) is 23.5. The molecule has 0 aromatic heterocycles. The third-order valence-electron chi connectivity index (χ3n) is 20.2. The number of nitrogens with zero attached hydrogens (tertiary/aromatic N) is 1. The second-order valence-corrected chi connectivity index (χ2v) is 23.5. The van der Waals surface area contributed by atoms with Crippen LogP contribution in [-0.4, -0.2) is 54.4 Å². The molecule has 0 aliphatic heterocycles. The van der Waals surface area contributed by atoms with Gasteiger partial charge in [-0.2, -0.15) is 0 Å². The van der Waals surface area contributed by atoms with Crippen LogP contribution in [0.3, 0.4) is 0 Å². The van der Waals surface area contributed by atoms with Crippen LogP contribution < -0.4 is 4.90 Å². The lowest BCUT2D eigenvalue weighted by molar-refractivity contribution is -0.174. The molecule has 0 saturated heterocycles. The van der Waals surface area contributed by atoms with Crippen molar-refractivity contribution >= 4 is 17.4 Å². The van der Waals surface area contributed by atoms with Crippen molar-refractivity contribution in [2.24, 2.45) is 63.6 Å². The van der Waals surface area contributed by atoms with E-state index in [4.69, 9.17) is 4.74 Å². The molecule has 9 rings (SSSR count). The number of Topliss-reactive ketones (excluding diaryl/α,β-unsaturated/α-hetero) is 1. The molecule has 0 radical (unpaired) electrons. The number of hydrogen-bond acceptors (Lipinski definition) is 5. The molecule has 6 fully saturated rings. The van der Waals surface area contributed by atoms with Crippen molar-refractivity contribution in [3.8, 4) is 11.8 Å². The van der Waals surface area contributed by atoms with Gasteiger partial charge in [-0.25, -0.2) is 0 Å². The summed E-state index contributed by atoms with van der Waals surface area (Å²) in [6.45, 7) is 15.4. The van der Waals surface area contributed by atoms with Crippen LogP contribution >= 0.6 is 0 Å². The van der Waals surface area contributed by atoms with Gasteiger partial charge in [0.2, 0.25) is 0 Å². The fraction of sp³-hybridized carbons (Fsp3) is 0.763. The van der Waals surface area contributed by atoms with Gasteiger partial charge in [-0.3, -0.25) is 9.59 Å². The van der Waals surface area contributed by atoms with Crippen LogP contribution in [0.2, 0.25) is 0 Å². The number of carbonyl (C=O) groups is 2. The van der Waals surface area contributed by atoms with Crippen molar-refractivity contribution < 1.29 is 24.5 Å². The Morgan fingerprint density at radius 3 is 2.40 bits per heavy atom. The maximum absolute atomic E-state index is 12.6. The number of carboxylic acids is 1. The lowest BCUT2D eigenvalue weighted by Crippen LogP contribution is -2.58. The van der Waals surface area contributed by atoms with Crippen molar-refractivity contribution in [2.75, 3.05) is 25.1 Å². The number of carboxylic acid groups (broad SMARTS) is 1. The van der Waals surface area contributed by atoms with Gasteiger partial charge in [0.1, 0.15) is 5.78 Å². The summed E-state index contributed by atoms with van der Waals surface area (Å²) < 4.78 is 6.75. The van der Waals surface area contributed by atoms with E-state index < -0.39 is 5.97 Å². The molecule has 6 heteroatoms. The fourth-order valence-corrected chi connectivity index (χ4v) is 16.8. The predicted octanol–water partition coefficient (Wildman–Crippen LogP) is 13.5. The summed E-state index contributed by atoms with van der Waals surface area (Å²) >= 11 is 0. The summed E-state index contributed by atoms with van der Waals surface area (Å²) in [4.78, 5) is 26.3. The number of fused-ring (bicyclic) bond motifs is 9. The monoisotopic (exact) mass is 890 g/mol. The highest BCUT2D eigenvalue weighted by Crippen LogP contribution is 2.69. The van der Waals surface area contributed by atoms with E-state index in [-0.39, 0.29) is 28.8 Å². The van der Waals surface area contributed by atoms with Gasteiger partial charge in [-0.15, -0.1) is 5.92 Å². The molecule has 358 valence electrons. The summed E-state index contributed by atoms with van der Waals surface area (Å²) in [5.41, 5.74) is 7.97. The van der Waals surface area contributed by atoms with Crippen LogP contribution in [0.4, 0.5) is 5.69 Å². The quantitative estimate of drug-likeness (QED) is 0.228. The van der Waals surface area contributed by atoms with Gasteiger partial charge in [-0.05, 0) is 209 Å². The first-order valence-electron chi connectivity index (χ1n) is 26.9. The maximum atomic E-state index is 12.6. The standard InChI is InChI=1S/C56H79NO5.C3H8/c1-6-10-38-20-27-48-46-25-18-36-17-24-42(58)12-7-8-13-44(36)53(46)47(35-55(38,48)3)37-15-22-41(23-16-37)57(5)31-32-62-43-29-30-54(2)40(33-43)19-26-45-49-28-21-39(11-9-14-52(60)61)56(49,4)51(59)34-50(45)54;1-3-2/h15-17,22-23,38-40,43,45-51,59H,7-9,11-14,18-21,24-35H2,1-5H3,(H,60,61);3H2,1-2H3/t38?,39?,40?,43?,45?,46?,47?,48-,49-,50-,51-,54?,55?,56?;/m0./s1. The van der Waals surface area contributed by atoms with E-state index in [1.165, 1.54) is 74.6 Å². The molecular formula is C59H87NO5. The molecule has 14 atom stereocenters. The Labute approximate surface area is 394 Å². The smallest absolute Gasteiger partial charge is 0.303 e. The first-order valence-corrected chi connectivity index (χ1v) is 26.9. The van der Waals surface area contributed by atoms with E-state index in [2.05, 4.69) is 88.7 Å². The molecular weight excluding hydrogens is 803 g/mol. The molecule has 0 spiro atoms. The Kier molecular flexibility index (Phi) is 15.2. The van der Waals surface area contributed by atoms with Gasteiger partial charge >= 0.3 is 5.97 Å². The first kappa shape index (κ1) is 48.6. The number of carbonyl (C=O) groups excluding carboxylic acids is 1. The third kappa shape index (κ3) is 9.35. The highest BCUT2D eigenvalue weighted by Gasteiger charge is 2.63. The minimum atomic E-state index is -0.700. The van der Waals surface area contributed by atoms with Gasteiger partial charge in [0.25, 0.3) is 0 Å². The minimum Gasteiger partial charge on any atom is -0.481 e. The van der Waals surface area contributed by atoms with Crippen molar-refractivity contribution in [1.82, 2.24) is 0 Å². The maximum Gasteiger partial charge on any atom is 0.303 e. The zero-order valence-corrected chi connectivity index (χ0v) is 41.8. The lowest BCUT2D eigenvalue weighted by Gasteiger charge is -2.62. The number of aliphatic carboxylic acids is 1. The Morgan fingerprint density at radius 1 is 0.892 bits per heavy atom. The number of allylic oxidation sites excluding steroid dienone is 4. The number of aliphatic hydroxyl groups excluding tert-OH is 1. The highest BCUT2D eigenvalue weighted by atomic mass is 16.5. The summed E-state index contributed by atoms with van der Waals surface area (Å²) in [5.74, 6) is 11.9. The molecule has 6 nitrogen and oxygen atoms in total. The van der Waals surface area contributed by atoms with Crippen LogP contribution in [0.5, 0.6) is 0 Å². The second kappa shape index (κ2) is 20.4. The van der Waals surface area contributed by atoms with Crippen molar-refractivity contribution in [1.29, 1.82) is 0 Å². The van der Waals surface area contributed by atoms with Crippen LogP contribution in [0.15, 0.2) is 47.1 Å². The summed E-state index contributed by atoms with van der Waals surface area (Å²) in [7, 11) is 2.22. The van der Waals surface area contributed by atoms with E-state index in [0.29, 0.717) is 71.6 Å². The Morgan fingerprint density at radius 2 is 1.65 bits per heavy atom. The topological polar surface area (TPSA) is 87.1 Å². The van der Waals surface area contributed by atoms with E-state index in [1.54, 1.807) is 11.1 Å². The number of benzene rings is 1. The molecule has 8 aliphatic rings. The van der Waals surface area contributed by atoms with E-state index in [9.17, 15) is 19.8 Å². The molecule has 1 aromatic carbocycles.